The highest BCUT2D eigenvalue weighted by Crippen LogP contribution is 2.25. The number of fused-ring (bicyclic) bond motifs is 1. The van der Waals surface area contributed by atoms with E-state index in [0.29, 0.717) is 16.5 Å². The molecule has 0 saturated heterocycles. The standard InChI is InChI=1S/C20H14Cl2N2/c21-17-8-7-15(18(22)11-17)10-20-23-12-19(24-20)16-6-5-13-3-1-2-4-14(13)9-16/h1-9,11-12H,10H2,(H,23,24). The highest BCUT2D eigenvalue weighted by atomic mass is 35.5. The zero-order valence-electron chi connectivity index (χ0n) is 12.8. The fourth-order valence-electron chi connectivity index (χ4n) is 2.80. The van der Waals surface area contributed by atoms with Crippen molar-refractivity contribution in [1.82, 2.24) is 9.97 Å². The maximum atomic E-state index is 6.24. The molecule has 4 rings (SSSR count). The molecule has 1 N–H and O–H groups in total. The first-order valence-electron chi connectivity index (χ1n) is 7.66. The van der Waals surface area contributed by atoms with Crippen molar-refractivity contribution in [2.75, 3.05) is 0 Å². The van der Waals surface area contributed by atoms with Crippen LogP contribution in [0.3, 0.4) is 0 Å². The predicted molar refractivity (Wildman–Crippen MR) is 101 cm³/mol. The van der Waals surface area contributed by atoms with Gasteiger partial charge in [-0.1, -0.05) is 65.7 Å². The molecule has 0 aliphatic rings. The number of rotatable bonds is 3. The monoisotopic (exact) mass is 352 g/mol. The van der Waals surface area contributed by atoms with Gasteiger partial charge in [-0.3, -0.25) is 0 Å². The van der Waals surface area contributed by atoms with Crippen molar-refractivity contribution in [1.29, 1.82) is 0 Å². The van der Waals surface area contributed by atoms with Gasteiger partial charge >= 0.3 is 0 Å². The molecule has 0 fully saturated rings. The van der Waals surface area contributed by atoms with Crippen LogP contribution in [0.5, 0.6) is 0 Å². The fourth-order valence-corrected chi connectivity index (χ4v) is 3.28. The van der Waals surface area contributed by atoms with Gasteiger partial charge in [0, 0.05) is 22.0 Å². The summed E-state index contributed by atoms with van der Waals surface area (Å²) in [6.07, 6.45) is 2.51. The van der Waals surface area contributed by atoms with E-state index in [1.807, 2.05) is 30.5 Å². The molecule has 0 unspecified atom stereocenters. The second-order valence-corrected chi connectivity index (χ2v) is 6.56. The van der Waals surface area contributed by atoms with Crippen LogP contribution in [0.25, 0.3) is 22.0 Å². The molecule has 2 nitrogen and oxygen atoms in total. The predicted octanol–water partition coefficient (Wildman–Crippen LogP) is 6.13. The smallest absolute Gasteiger partial charge is 0.110 e. The summed E-state index contributed by atoms with van der Waals surface area (Å²) >= 11 is 12.2. The minimum Gasteiger partial charge on any atom is -0.342 e. The van der Waals surface area contributed by atoms with Crippen LogP contribution in [0.1, 0.15) is 11.4 Å². The van der Waals surface area contributed by atoms with Gasteiger partial charge in [-0.2, -0.15) is 0 Å². The third-order valence-electron chi connectivity index (χ3n) is 4.06. The van der Waals surface area contributed by atoms with Crippen molar-refractivity contribution in [3.8, 4) is 11.3 Å². The molecular formula is C20H14Cl2N2. The van der Waals surface area contributed by atoms with Crippen LogP contribution in [-0.2, 0) is 6.42 Å². The molecule has 4 aromatic rings. The molecule has 0 amide bonds. The van der Waals surface area contributed by atoms with Gasteiger partial charge in [0.15, 0.2) is 0 Å². The van der Waals surface area contributed by atoms with Gasteiger partial charge in [0.05, 0.1) is 11.9 Å². The van der Waals surface area contributed by atoms with Crippen molar-refractivity contribution in [3.05, 3.63) is 88.3 Å². The van der Waals surface area contributed by atoms with Crippen molar-refractivity contribution >= 4 is 34.0 Å². The third-order valence-corrected chi connectivity index (χ3v) is 4.65. The molecule has 0 atom stereocenters. The van der Waals surface area contributed by atoms with Gasteiger partial charge in [0.25, 0.3) is 0 Å². The van der Waals surface area contributed by atoms with Gasteiger partial charge in [-0.25, -0.2) is 4.98 Å². The van der Waals surface area contributed by atoms with Crippen molar-refractivity contribution < 1.29 is 0 Å². The molecule has 118 valence electrons. The first kappa shape index (κ1) is 15.3. The van der Waals surface area contributed by atoms with Gasteiger partial charge in [0.2, 0.25) is 0 Å². The Bertz CT molecular complexity index is 1020. The van der Waals surface area contributed by atoms with Crippen molar-refractivity contribution in [3.63, 3.8) is 0 Å². The van der Waals surface area contributed by atoms with Gasteiger partial charge < -0.3 is 4.98 Å². The summed E-state index contributed by atoms with van der Waals surface area (Å²) < 4.78 is 0. The lowest BCUT2D eigenvalue weighted by Gasteiger charge is -2.03. The van der Waals surface area contributed by atoms with Crippen LogP contribution in [0.4, 0.5) is 0 Å². The topological polar surface area (TPSA) is 28.7 Å². The Morgan fingerprint density at radius 3 is 2.54 bits per heavy atom. The molecule has 1 aromatic heterocycles. The van der Waals surface area contributed by atoms with Crippen LogP contribution in [0.15, 0.2) is 66.9 Å². The number of hydrogen-bond acceptors (Lipinski definition) is 1. The molecule has 0 radical (unpaired) electrons. The Hall–Kier alpha value is -2.29. The summed E-state index contributed by atoms with van der Waals surface area (Å²) in [4.78, 5) is 7.87. The highest BCUT2D eigenvalue weighted by molar-refractivity contribution is 6.35. The maximum absolute atomic E-state index is 6.24. The SMILES string of the molecule is Clc1ccc(Cc2ncc(-c3ccc4ccccc4c3)[nH]2)c(Cl)c1. The lowest BCUT2D eigenvalue weighted by molar-refractivity contribution is 1.03. The van der Waals surface area contributed by atoms with Gasteiger partial charge in [-0.05, 0) is 34.5 Å². The number of hydrogen-bond donors (Lipinski definition) is 1. The van der Waals surface area contributed by atoms with E-state index in [2.05, 4.69) is 40.3 Å². The average Bonchev–Trinajstić information content (AvgIpc) is 3.06. The minimum absolute atomic E-state index is 0.639. The Balaban J connectivity index is 1.63. The molecule has 0 bridgehead atoms. The van der Waals surface area contributed by atoms with Crippen molar-refractivity contribution in [2.24, 2.45) is 0 Å². The second kappa shape index (κ2) is 6.31. The third kappa shape index (κ3) is 3.03. The minimum atomic E-state index is 0.639. The zero-order valence-corrected chi connectivity index (χ0v) is 14.3. The van der Waals surface area contributed by atoms with E-state index in [0.717, 1.165) is 22.6 Å². The summed E-state index contributed by atoms with van der Waals surface area (Å²) in [5.41, 5.74) is 3.12. The van der Waals surface area contributed by atoms with Crippen LogP contribution in [0, 0.1) is 0 Å². The van der Waals surface area contributed by atoms with Crippen LogP contribution in [-0.4, -0.2) is 9.97 Å². The number of halogens is 2. The lowest BCUT2D eigenvalue weighted by atomic mass is 10.1. The molecule has 1 heterocycles. The van der Waals surface area contributed by atoms with E-state index >= 15 is 0 Å². The van der Waals surface area contributed by atoms with Crippen LogP contribution in [0.2, 0.25) is 10.0 Å². The molecule has 3 aromatic carbocycles. The van der Waals surface area contributed by atoms with E-state index in [9.17, 15) is 0 Å². The lowest BCUT2D eigenvalue weighted by Crippen LogP contribution is -1.92. The Labute approximate surface area is 150 Å². The molecule has 0 spiro atoms. The summed E-state index contributed by atoms with van der Waals surface area (Å²) in [5, 5.41) is 3.74. The van der Waals surface area contributed by atoms with Crippen LogP contribution >= 0.6 is 23.2 Å². The fraction of sp³-hybridized carbons (Fsp3) is 0.0500. The normalized spacial score (nSPS) is 11.1. The number of aromatic nitrogens is 2. The number of imidazole rings is 1. The van der Waals surface area contributed by atoms with E-state index in [4.69, 9.17) is 23.2 Å². The molecule has 0 aliphatic heterocycles. The molecule has 24 heavy (non-hydrogen) atoms. The quantitative estimate of drug-likeness (QED) is 0.472. The average molecular weight is 353 g/mol. The van der Waals surface area contributed by atoms with Crippen molar-refractivity contribution in [2.45, 2.75) is 6.42 Å². The number of aromatic amines is 1. The van der Waals surface area contributed by atoms with E-state index in [-0.39, 0.29) is 0 Å². The molecule has 4 heteroatoms. The molecule has 0 aliphatic carbocycles. The highest BCUT2D eigenvalue weighted by Gasteiger charge is 2.08. The number of benzene rings is 3. The number of H-pyrrole nitrogens is 1. The Kier molecular flexibility index (Phi) is 4.01. The van der Waals surface area contributed by atoms with E-state index in [1.54, 1.807) is 6.07 Å². The summed E-state index contributed by atoms with van der Waals surface area (Å²) in [5.74, 6) is 0.877. The number of nitrogens with zero attached hydrogens (tertiary/aromatic N) is 1. The summed E-state index contributed by atoms with van der Waals surface area (Å²) in [6.45, 7) is 0. The maximum Gasteiger partial charge on any atom is 0.110 e. The summed E-state index contributed by atoms with van der Waals surface area (Å²) in [7, 11) is 0. The largest absolute Gasteiger partial charge is 0.342 e. The van der Waals surface area contributed by atoms with Gasteiger partial charge in [-0.15, -0.1) is 0 Å². The second-order valence-electron chi connectivity index (χ2n) is 5.72. The first-order valence-corrected chi connectivity index (χ1v) is 8.41. The van der Waals surface area contributed by atoms with E-state index < -0.39 is 0 Å². The zero-order chi connectivity index (χ0) is 16.5. The summed E-state index contributed by atoms with van der Waals surface area (Å²) in [6, 6.07) is 20.3. The first-order chi connectivity index (χ1) is 11.7. The number of nitrogens with one attached hydrogen (secondary N) is 1. The Morgan fingerprint density at radius 1 is 0.875 bits per heavy atom. The Morgan fingerprint density at radius 2 is 1.71 bits per heavy atom. The van der Waals surface area contributed by atoms with Gasteiger partial charge in [0.1, 0.15) is 5.82 Å². The molecular weight excluding hydrogens is 339 g/mol. The van der Waals surface area contributed by atoms with Crippen LogP contribution < -0.4 is 0 Å². The van der Waals surface area contributed by atoms with E-state index in [1.165, 1.54) is 10.8 Å². The molecule has 0 saturated carbocycles.